The summed E-state index contributed by atoms with van der Waals surface area (Å²) in [6, 6.07) is 4.97. The highest BCUT2D eigenvalue weighted by Crippen LogP contribution is 2.37. The fourth-order valence-electron chi connectivity index (χ4n) is 3.46. The van der Waals surface area contributed by atoms with Crippen LogP contribution in [0.4, 0.5) is 11.8 Å². The maximum absolute atomic E-state index is 5.47. The molecule has 140 valence electrons. The number of nitrogens with zero attached hydrogens (tertiary/aromatic N) is 4. The van der Waals surface area contributed by atoms with Gasteiger partial charge in [0.05, 0.1) is 19.7 Å². The molecule has 0 unspecified atom stereocenters. The van der Waals surface area contributed by atoms with Gasteiger partial charge in [0.1, 0.15) is 5.82 Å². The van der Waals surface area contributed by atoms with Crippen LogP contribution in [0.15, 0.2) is 12.1 Å². The smallest absolute Gasteiger partial charge is 0.227 e. The van der Waals surface area contributed by atoms with Crippen molar-refractivity contribution in [2.24, 2.45) is 0 Å². The van der Waals surface area contributed by atoms with E-state index >= 15 is 0 Å². The molecule has 1 aromatic heterocycles. The average molecular weight is 357 g/mol. The van der Waals surface area contributed by atoms with Gasteiger partial charge in [-0.1, -0.05) is 0 Å². The third-order valence-corrected chi connectivity index (χ3v) is 5.28. The van der Waals surface area contributed by atoms with E-state index in [9.17, 15) is 0 Å². The summed E-state index contributed by atoms with van der Waals surface area (Å²) in [5, 5.41) is 4.53. The Balaban J connectivity index is 1.76. The third kappa shape index (κ3) is 3.23. The molecule has 1 atom stereocenters. The van der Waals surface area contributed by atoms with Crippen molar-refractivity contribution in [1.29, 1.82) is 0 Å². The van der Waals surface area contributed by atoms with Crippen molar-refractivity contribution >= 4 is 22.7 Å². The van der Waals surface area contributed by atoms with Gasteiger partial charge in [-0.15, -0.1) is 0 Å². The van der Waals surface area contributed by atoms with Gasteiger partial charge in [-0.2, -0.15) is 4.98 Å². The number of aromatic nitrogens is 2. The van der Waals surface area contributed by atoms with E-state index in [0.717, 1.165) is 42.2 Å². The van der Waals surface area contributed by atoms with E-state index < -0.39 is 0 Å². The number of likely N-dealkylation sites (N-methyl/N-ethyl adjacent to an activating group) is 1. The number of hydrogen-bond donors (Lipinski definition) is 1. The van der Waals surface area contributed by atoms with Crippen LogP contribution < -0.4 is 19.7 Å². The molecule has 0 spiro atoms. The molecule has 0 amide bonds. The molecule has 0 radical (unpaired) electrons. The van der Waals surface area contributed by atoms with Crippen LogP contribution in [0.5, 0.6) is 11.5 Å². The molecule has 0 bridgehead atoms. The number of ether oxygens (including phenoxy) is 2. The Kier molecular flexibility index (Phi) is 4.48. The molecule has 7 nitrogen and oxygen atoms in total. The van der Waals surface area contributed by atoms with Crippen molar-refractivity contribution in [3.05, 3.63) is 12.1 Å². The molecule has 1 aliphatic heterocycles. The van der Waals surface area contributed by atoms with Crippen molar-refractivity contribution in [2.45, 2.75) is 31.3 Å². The van der Waals surface area contributed by atoms with Gasteiger partial charge >= 0.3 is 0 Å². The molecule has 1 N–H and O–H groups in total. The Bertz CT molecular complexity index is 806. The van der Waals surface area contributed by atoms with E-state index in [-0.39, 0.29) is 0 Å². The van der Waals surface area contributed by atoms with Crippen molar-refractivity contribution in [3.63, 3.8) is 0 Å². The van der Waals surface area contributed by atoms with E-state index in [2.05, 4.69) is 29.2 Å². The van der Waals surface area contributed by atoms with Gasteiger partial charge in [0.15, 0.2) is 11.5 Å². The molecule has 1 aromatic carbocycles. The van der Waals surface area contributed by atoms with Crippen molar-refractivity contribution in [1.82, 2.24) is 14.9 Å². The Morgan fingerprint density at radius 3 is 2.42 bits per heavy atom. The summed E-state index contributed by atoms with van der Waals surface area (Å²) >= 11 is 0. The summed E-state index contributed by atoms with van der Waals surface area (Å²) in [5.74, 6) is 3.07. The van der Waals surface area contributed by atoms with Crippen LogP contribution >= 0.6 is 0 Å². The minimum absolute atomic E-state index is 0.516. The molecule has 1 saturated heterocycles. The highest BCUT2D eigenvalue weighted by Gasteiger charge is 2.28. The first-order valence-electron chi connectivity index (χ1n) is 9.20. The van der Waals surface area contributed by atoms with Crippen molar-refractivity contribution in [2.75, 3.05) is 51.6 Å². The predicted molar refractivity (Wildman–Crippen MR) is 104 cm³/mol. The first-order valence-corrected chi connectivity index (χ1v) is 9.20. The normalized spacial score (nSPS) is 20.0. The number of rotatable bonds is 6. The Labute approximate surface area is 154 Å². The lowest BCUT2D eigenvalue weighted by Crippen LogP contribution is -2.32. The number of nitrogens with one attached hydrogen (secondary N) is 1. The molecule has 4 rings (SSSR count). The highest BCUT2D eigenvalue weighted by molar-refractivity contribution is 5.93. The maximum atomic E-state index is 5.47. The topological polar surface area (TPSA) is 62.8 Å². The lowest BCUT2D eigenvalue weighted by molar-refractivity contribution is 0.315. The van der Waals surface area contributed by atoms with Crippen LogP contribution in [-0.2, 0) is 0 Å². The maximum Gasteiger partial charge on any atom is 0.227 e. The minimum Gasteiger partial charge on any atom is -0.493 e. The van der Waals surface area contributed by atoms with Crippen molar-refractivity contribution < 1.29 is 9.47 Å². The fourth-order valence-corrected chi connectivity index (χ4v) is 3.46. The molecule has 2 heterocycles. The molecule has 1 aliphatic carbocycles. The zero-order valence-corrected chi connectivity index (χ0v) is 16.0. The number of hydrogen-bond acceptors (Lipinski definition) is 7. The summed E-state index contributed by atoms with van der Waals surface area (Å²) in [4.78, 5) is 14.3. The molecule has 7 heteroatoms. The average Bonchev–Trinajstić information content (AvgIpc) is 3.31. The number of benzene rings is 1. The first-order chi connectivity index (χ1) is 12.6. The molecular weight excluding hydrogens is 330 g/mol. The standard InChI is InChI=1S/C19H27N5O2/c1-23(2)13-7-8-24(11-13)19-21-15-10-17(26-4)16(25-3)9-14(15)18(22-19)20-12-5-6-12/h9-10,12-13H,5-8,11H2,1-4H3,(H,20,21,22)/t13-/m1/s1. The third-order valence-electron chi connectivity index (χ3n) is 5.28. The fraction of sp³-hybridized carbons (Fsp3) is 0.579. The van der Waals surface area contributed by atoms with Crippen LogP contribution in [0, 0.1) is 0 Å². The second-order valence-electron chi connectivity index (χ2n) is 7.37. The Hall–Kier alpha value is -2.28. The Morgan fingerprint density at radius 1 is 1.08 bits per heavy atom. The van der Waals surface area contributed by atoms with Crippen molar-refractivity contribution in [3.8, 4) is 11.5 Å². The molecule has 2 aromatic rings. The van der Waals surface area contributed by atoms with E-state index in [1.165, 1.54) is 12.8 Å². The molecule has 26 heavy (non-hydrogen) atoms. The largest absolute Gasteiger partial charge is 0.493 e. The lowest BCUT2D eigenvalue weighted by Gasteiger charge is -2.21. The van der Waals surface area contributed by atoms with E-state index in [1.54, 1.807) is 14.2 Å². The van der Waals surface area contributed by atoms with Crippen LogP contribution in [0.1, 0.15) is 19.3 Å². The van der Waals surface area contributed by atoms with Gasteiger partial charge in [-0.3, -0.25) is 0 Å². The van der Waals surface area contributed by atoms with Gasteiger partial charge < -0.3 is 24.6 Å². The van der Waals surface area contributed by atoms with Gasteiger partial charge in [0.25, 0.3) is 0 Å². The van der Waals surface area contributed by atoms with E-state index in [0.29, 0.717) is 23.6 Å². The van der Waals surface area contributed by atoms with Gasteiger partial charge in [0.2, 0.25) is 5.95 Å². The van der Waals surface area contributed by atoms with Crippen LogP contribution in [-0.4, -0.2) is 68.4 Å². The summed E-state index contributed by atoms with van der Waals surface area (Å²) in [7, 11) is 7.56. The number of anilines is 2. The van der Waals surface area contributed by atoms with Gasteiger partial charge in [0, 0.05) is 36.6 Å². The van der Waals surface area contributed by atoms with E-state index in [4.69, 9.17) is 19.4 Å². The second-order valence-corrected chi connectivity index (χ2v) is 7.37. The van der Waals surface area contributed by atoms with Crippen LogP contribution in [0.25, 0.3) is 10.9 Å². The predicted octanol–water partition coefficient (Wildman–Crippen LogP) is 2.36. The van der Waals surface area contributed by atoms with Gasteiger partial charge in [-0.05, 0) is 39.4 Å². The molecular formula is C19H27N5O2. The first kappa shape index (κ1) is 17.1. The van der Waals surface area contributed by atoms with E-state index in [1.807, 2.05) is 12.1 Å². The zero-order valence-electron chi connectivity index (χ0n) is 16.0. The van der Waals surface area contributed by atoms with Gasteiger partial charge in [-0.25, -0.2) is 4.98 Å². The molecule has 1 saturated carbocycles. The highest BCUT2D eigenvalue weighted by atomic mass is 16.5. The summed E-state index contributed by atoms with van der Waals surface area (Å²) in [5.41, 5.74) is 0.879. The summed E-state index contributed by atoms with van der Waals surface area (Å²) < 4.78 is 10.9. The minimum atomic E-state index is 0.516. The van der Waals surface area contributed by atoms with Crippen LogP contribution in [0.2, 0.25) is 0 Å². The Morgan fingerprint density at radius 2 is 1.81 bits per heavy atom. The number of fused-ring (bicyclic) bond motifs is 1. The lowest BCUT2D eigenvalue weighted by atomic mass is 10.2. The summed E-state index contributed by atoms with van der Waals surface area (Å²) in [6.07, 6.45) is 3.52. The molecule has 2 aliphatic rings. The SMILES string of the molecule is COc1cc2nc(N3CC[C@@H](N(C)C)C3)nc(NC3CC3)c2cc1OC. The van der Waals surface area contributed by atoms with Crippen LogP contribution in [0.3, 0.4) is 0 Å². The second kappa shape index (κ2) is 6.79. The quantitative estimate of drug-likeness (QED) is 0.851. The summed E-state index contributed by atoms with van der Waals surface area (Å²) in [6.45, 7) is 1.93. The number of methoxy groups -OCH3 is 2. The molecule has 2 fully saturated rings. The monoisotopic (exact) mass is 357 g/mol. The zero-order chi connectivity index (χ0) is 18.3.